The summed E-state index contributed by atoms with van der Waals surface area (Å²) < 4.78 is 1.95. The van der Waals surface area contributed by atoms with Gasteiger partial charge in [-0.1, -0.05) is 6.07 Å². The zero-order chi connectivity index (χ0) is 20.9. The van der Waals surface area contributed by atoms with E-state index in [0.717, 1.165) is 37.0 Å². The van der Waals surface area contributed by atoms with Crippen molar-refractivity contribution in [2.45, 2.75) is 38.3 Å². The lowest BCUT2D eigenvalue weighted by molar-refractivity contribution is -0.126. The summed E-state index contributed by atoms with van der Waals surface area (Å²) in [7, 11) is 1.56. The van der Waals surface area contributed by atoms with Gasteiger partial charge in [0.1, 0.15) is 11.5 Å². The average Bonchev–Trinajstić information content (AvgIpc) is 3.21. The molecule has 0 saturated heterocycles. The molecule has 30 heavy (non-hydrogen) atoms. The van der Waals surface area contributed by atoms with E-state index >= 15 is 0 Å². The van der Waals surface area contributed by atoms with Gasteiger partial charge < -0.3 is 20.4 Å². The number of hydrogen-bond donors (Lipinski definition) is 3. The minimum atomic E-state index is -0.260. The Kier molecular flexibility index (Phi) is 5.87. The van der Waals surface area contributed by atoms with Crippen molar-refractivity contribution in [2.24, 2.45) is 5.92 Å². The van der Waals surface area contributed by atoms with Crippen molar-refractivity contribution in [3.05, 3.63) is 54.1 Å². The Hall–Kier alpha value is -3.49. The Morgan fingerprint density at radius 3 is 2.63 bits per heavy atom. The van der Waals surface area contributed by atoms with Gasteiger partial charge in [-0.25, -0.2) is 4.98 Å². The Morgan fingerprint density at radius 1 is 1.10 bits per heavy atom. The minimum absolute atomic E-state index is 0.0155. The molecule has 0 aromatic carbocycles. The third-order valence-electron chi connectivity index (χ3n) is 5.43. The van der Waals surface area contributed by atoms with Crippen LogP contribution < -0.4 is 16.0 Å². The van der Waals surface area contributed by atoms with Gasteiger partial charge in [-0.3, -0.25) is 9.59 Å². The molecule has 9 nitrogen and oxygen atoms in total. The third-order valence-corrected chi connectivity index (χ3v) is 5.43. The molecule has 0 spiro atoms. The molecule has 156 valence electrons. The minimum Gasteiger partial charge on any atom is -0.366 e. The van der Waals surface area contributed by atoms with E-state index in [-0.39, 0.29) is 29.5 Å². The Bertz CT molecular complexity index is 990. The maximum atomic E-state index is 12.6. The van der Waals surface area contributed by atoms with Gasteiger partial charge in [0.2, 0.25) is 5.91 Å². The van der Waals surface area contributed by atoms with Crippen LogP contribution in [0.15, 0.2) is 42.7 Å². The van der Waals surface area contributed by atoms with E-state index in [0.29, 0.717) is 12.4 Å². The molecule has 1 aliphatic rings. The van der Waals surface area contributed by atoms with Crippen LogP contribution in [0.2, 0.25) is 0 Å². The maximum absolute atomic E-state index is 12.6. The largest absolute Gasteiger partial charge is 0.366 e. The highest BCUT2D eigenvalue weighted by atomic mass is 16.2. The van der Waals surface area contributed by atoms with Crippen LogP contribution in [0, 0.1) is 5.92 Å². The molecule has 3 N–H and O–H groups in total. The Morgan fingerprint density at radius 2 is 1.93 bits per heavy atom. The number of imidazole rings is 1. The second-order valence-corrected chi connectivity index (χ2v) is 7.49. The highest BCUT2D eigenvalue weighted by molar-refractivity contribution is 5.91. The van der Waals surface area contributed by atoms with Crippen molar-refractivity contribution >= 4 is 23.3 Å². The molecule has 1 aliphatic carbocycles. The van der Waals surface area contributed by atoms with Crippen LogP contribution in [0.5, 0.6) is 0 Å². The first-order valence-corrected chi connectivity index (χ1v) is 10.1. The lowest BCUT2D eigenvalue weighted by atomic mass is 9.85. The fraction of sp³-hybridized carbons (Fsp3) is 0.381. The predicted octanol–water partition coefficient (Wildman–Crippen LogP) is 1.77. The zero-order valence-corrected chi connectivity index (χ0v) is 16.8. The van der Waals surface area contributed by atoms with E-state index in [2.05, 4.69) is 31.1 Å². The average molecular weight is 407 g/mol. The number of fused-ring (bicyclic) bond motifs is 1. The topological polar surface area (TPSA) is 113 Å². The van der Waals surface area contributed by atoms with Gasteiger partial charge >= 0.3 is 0 Å². The van der Waals surface area contributed by atoms with E-state index in [4.69, 9.17) is 0 Å². The van der Waals surface area contributed by atoms with Crippen molar-refractivity contribution in [1.29, 1.82) is 0 Å². The molecular weight excluding hydrogens is 382 g/mol. The number of aromatic nitrogens is 4. The van der Waals surface area contributed by atoms with Crippen molar-refractivity contribution < 1.29 is 9.59 Å². The number of rotatable bonds is 6. The zero-order valence-electron chi connectivity index (χ0n) is 16.8. The molecule has 3 aromatic rings. The fourth-order valence-corrected chi connectivity index (χ4v) is 3.76. The lowest BCUT2D eigenvalue weighted by Gasteiger charge is -2.28. The van der Waals surface area contributed by atoms with Gasteiger partial charge in [-0.05, 0) is 49.9 Å². The molecule has 0 bridgehead atoms. The molecule has 0 aliphatic heterocycles. The summed E-state index contributed by atoms with van der Waals surface area (Å²) >= 11 is 0. The first-order chi connectivity index (χ1) is 14.6. The molecular formula is C21H25N7O2. The van der Waals surface area contributed by atoms with Gasteiger partial charge in [0.05, 0.1) is 12.2 Å². The third kappa shape index (κ3) is 4.56. The molecule has 3 aromatic heterocycles. The van der Waals surface area contributed by atoms with E-state index in [1.165, 1.54) is 0 Å². The van der Waals surface area contributed by atoms with Gasteiger partial charge in [0, 0.05) is 31.4 Å². The number of carbonyl (C=O) groups excluding carboxylic acids is 2. The number of nitrogens with one attached hydrogen (secondary N) is 3. The van der Waals surface area contributed by atoms with E-state index in [9.17, 15) is 9.59 Å². The Labute approximate surface area is 174 Å². The molecule has 3 heterocycles. The maximum Gasteiger partial charge on any atom is 0.271 e. The summed E-state index contributed by atoms with van der Waals surface area (Å²) in [5.41, 5.74) is 2.01. The Balaban J connectivity index is 1.23. The standard InChI is InChI=1S/C21H25N7O2/c1-22-21(30)17-9-10-18(27-26-17)24-15-7-5-14(6-8-15)20(29)23-12-16-13-28-11-3-2-4-19(28)25-16/h2-4,9-11,13-15H,5-8,12H2,1H3,(H,22,30)(H,23,29)(H,24,27). The molecule has 0 unspecified atom stereocenters. The molecule has 2 amide bonds. The molecule has 0 atom stereocenters. The summed E-state index contributed by atoms with van der Waals surface area (Å²) in [5, 5.41) is 16.9. The summed E-state index contributed by atoms with van der Waals surface area (Å²) in [6.45, 7) is 0.436. The van der Waals surface area contributed by atoms with E-state index in [1.54, 1.807) is 19.2 Å². The molecule has 1 saturated carbocycles. The van der Waals surface area contributed by atoms with Crippen LogP contribution in [-0.4, -0.2) is 44.5 Å². The molecule has 9 heteroatoms. The first kappa shape index (κ1) is 19.8. The van der Waals surface area contributed by atoms with Crippen molar-refractivity contribution in [2.75, 3.05) is 12.4 Å². The van der Waals surface area contributed by atoms with Crippen LogP contribution >= 0.6 is 0 Å². The first-order valence-electron chi connectivity index (χ1n) is 10.1. The lowest BCUT2D eigenvalue weighted by Crippen LogP contribution is -2.35. The van der Waals surface area contributed by atoms with Crippen LogP contribution in [-0.2, 0) is 11.3 Å². The smallest absolute Gasteiger partial charge is 0.271 e. The number of anilines is 1. The van der Waals surface area contributed by atoms with Gasteiger partial charge in [-0.2, -0.15) is 0 Å². The molecule has 1 fully saturated rings. The second-order valence-electron chi connectivity index (χ2n) is 7.49. The van der Waals surface area contributed by atoms with Crippen molar-refractivity contribution in [1.82, 2.24) is 30.2 Å². The number of pyridine rings is 1. The van der Waals surface area contributed by atoms with Crippen LogP contribution in [0.3, 0.4) is 0 Å². The summed E-state index contributed by atoms with van der Waals surface area (Å²) in [6.07, 6.45) is 7.28. The quantitative estimate of drug-likeness (QED) is 0.574. The van der Waals surface area contributed by atoms with Gasteiger partial charge in [0.15, 0.2) is 5.69 Å². The van der Waals surface area contributed by atoms with E-state index in [1.807, 2.05) is 35.0 Å². The van der Waals surface area contributed by atoms with Crippen molar-refractivity contribution in [3.8, 4) is 0 Å². The van der Waals surface area contributed by atoms with Crippen LogP contribution in [0.25, 0.3) is 5.65 Å². The number of nitrogens with zero attached hydrogens (tertiary/aromatic N) is 4. The summed E-state index contributed by atoms with van der Waals surface area (Å²) in [5.74, 6) is 0.480. The monoisotopic (exact) mass is 407 g/mol. The van der Waals surface area contributed by atoms with Gasteiger partial charge in [0.25, 0.3) is 5.91 Å². The molecule has 0 radical (unpaired) electrons. The highest BCUT2D eigenvalue weighted by Crippen LogP contribution is 2.26. The van der Waals surface area contributed by atoms with E-state index < -0.39 is 0 Å². The van der Waals surface area contributed by atoms with Crippen molar-refractivity contribution in [3.63, 3.8) is 0 Å². The highest BCUT2D eigenvalue weighted by Gasteiger charge is 2.26. The van der Waals surface area contributed by atoms with Crippen LogP contribution in [0.4, 0.5) is 5.82 Å². The number of carbonyl (C=O) groups is 2. The fourth-order valence-electron chi connectivity index (χ4n) is 3.76. The van der Waals surface area contributed by atoms with Gasteiger partial charge in [-0.15, -0.1) is 10.2 Å². The number of amides is 2. The predicted molar refractivity (Wildman–Crippen MR) is 112 cm³/mol. The summed E-state index contributed by atoms with van der Waals surface area (Å²) in [6, 6.07) is 9.48. The van der Waals surface area contributed by atoms with Crippen LogP contribution in [0.1, 0.15) is 41.9 Å². The second kappa shape index (κ2) is 8.89. The SMILES string of the molecule is CNC(=O)c1ccc(NC2CCC(C(=O)NCc3cn4ccccc4n3)CC2)nn1. The molecule has 4 rings (SSSR count). The number of hydrogen-bond acceptors (Lipinski definition) is 6. The summed E-state index contributed by atoms with van der Waals surface area (Å²) in [4.78, 5) is 28.6. The normalized spacial score (nSPS) is 18.7.